The van der Waals surface area contributed by atoms with Gasteiger partial charge in [0.1, 0.15) is 10.7 Å². The Balaban J connectivity index is 1.59. The molecule has 0 bridgehead atoms. The van der Waals surface area contributed by atoms with Gasteiger partial charge in [-0.3, -0.25) is 0 Å². The van der Waals surface area contributed by atoms with Crippen molar-refractivity contribution in [1.29, 1.82) is 0 Å². The number of anilines is 1. The van der Waals surface area contributed by atoms with Crippen LogP contribution in [-0.2, 0) is 20.0 Å². The second-order valence-corrected chi connectivity index (χ2v) is 11.1. The smallest absolute Gasteiger partial charge is 0.244 e. The average molecular weight is 418 g/mol. The molecule has 9 nitrogen and oxygen atoms in total. The van der Waals surface area contributed by atoms with Crippen LogP contribution in [0.2, 0.25) is 0 Å². The number of pyridine rings is 1. The normalized spacial score (nSPS) is 22.0. The Morgan fingerprint density at radius 3 is 2.11 bits per heavy atom. The summed E-state index contributed by atoms with van der Waals surface area (Å²) in [5, 5.41) is 3.27. The lowest BCUT2D eigenvalue weighted by Gasteiger charge is -2.31. The van der Waals surface area contributed by atoms with Gasteiger partial charge in [0.05, 0.1) is 6.26 Å². The molecule has 27 heavy (non-hydrogen) atoms. The highest BCUT2D eigenvalue weighted by Gasteiger charge is 2.28. The Bertz CT molecular complexity index is 841. The molecule has 0 atom stereocenters. The van der Waals surface area contributed by atoms with Crippen molar-refractivity contribution in [2.24, 2.45) is 0 Å². The van der Waals surface area contributed by atoms with Gasteiger partial charge in [-0.05, 0) is 32.0 Å². The molecule has 1 aromatic rings. The molecule has 0 amide bonds. The topological polar surface area (TPSA) is 103 Å². The van der Waals surface area contributed by atoms with E-state index in [-0.39, 0.29) is 10.9 Å². The van der Waals surface area contributed by atoms with Gasteiger partial charge in [-0.2, -0.15) is 4.31 Å². The van der Waals surface area contributed by atoms with Crippen LogP contribution in [0.1, 0.15) is 12.8 Å². The molecule has 0 unspecified atom stereocenters. The first-order valence-electron chi connectivity index (χ1n) is 9.03. The Labute approximate surface area is 161 Å². The summed E-state index contributed by atoms with van der Waals surface area (Å²) in [5.41, 5.74) is 0. The lowest BCUT2D eigenvalue weighted by Crippen LogP contribution is -2.47. The van der Waals surface area contributed by atoms with Crippen LogP contribution in [0.3, 0.4) is 0 Å². The Hall–Kier alpha value is -1.27. The second kappa shape index (κ2) is 8.00. The minimum Gasteiger partial charge on any atom is -0.367 e. The minimum atomic E-state index is -3.52. The number of piperidine rings is 1. The molecule has 0 saturated carbocycles. The summed E-state index contributed by atoms with van der Waals surface area (Å²) < 4.78 is 51.5. The third kappa shape index (κ3) is 4.96. The number of nitrogens with zero attached hydrogens (tertiary/aromatic N) is 4. The SMILES string of the molecule is CN1CCN(S(=O)(=O)c2ccc(NC3CCN(S(C)(=O)=O)CC3)nc2)CC1. The zero-order chi connectivity index (χ0) is 19.7. The summed E-state index contributed by atoms with van der Waals surface area (Å²) in [6.07, 6.45) is 4.00. The van der Waals surface area contributed by atoms with Gasteiger partial charge in [-0.25, -0.2) is 26.1 Å². The third-order valence-corrected chi connectivity index (χ3v) is 8.30. The van der Waals surface area contributed by atoms with Crippen molar-refractivity contribution in [1.82, 2.24) is 18.5 Å². The fourth-order valence-electron chi connectivity index (χ4n) is 3.34. The van der Waals surface area contributed by atoms with Gasteiger partial charge < -0.3 is 10.2 Å². The number of nitrogens with one attached hydrogen (secondary N) is 1. The van der Waals surface area contributed by atoms with E-state index in [4.69, 9.17) is 0 Å². The molecule has 1 N–H and O–H groups in total. The number of sulfonamides is 2. The van der Waals surface area contributed by atoms with Crippen molar-refractivity contribution in [2.45, 2.75) is 23.8 Å². The molecule has 2 saturated heterocycles. The van der Waals surface area contributed by atoms with Crippen molar-refractivity contribution >= 4 is 25.9 Å². The van der Waals surface area contributed by atoms with Crippen LogP contribution >= 0.6 is 0 Å². The van der Waals surface area contributed by atoms with Gasteiger partial charge >= 0.3 is 0 Å². The predicted octanol–water partition coefficient (Wildman–Crippen LogP) is -0.146. The van der Waals surface area contributed by atoms with Crippen molar-refractivity contribution in [2.75, 3.05) is 57.9 Å². The van der Waals surface area contributed by atoms with E-state index in [2.05, 4.69) is 15.2 Å². The van der Waals surface area contributed by atoms with Crippen LogP contribution in [0.5, 0.6) is 0 Å². The molecular weight excluding hydrogens is 390 g/mol. The molecule has 0 spiro atoms. The van der Waals surface area contributed by atoms with E-state index in [9.17, 15) is 16.8 Å². The molecular formula is C16H27N5O4S2. The van der Waals surface area contributed by atoms with Crippen LogP contribution in [-0.4, -0.2) is 93.9 Å². The fourth-order valence-corrected chi connectivity index (χ4v) is 5.58. The maximum absolute atomic E-state index is 12.7. The number of likely N-dealkylation sites (N-methyl/N-ethyl adjacent to an activating group) is 1. The van der Waals surface area contributed by atoms with Gasteiger partial charge in [0.2, 0.25) is 20.0 Å². The van der Waals surface area contributed by atoms with E-state index in [0.29, 0.717) is 44.8 Å². The van der Waals surface area contributed by atoms with Crippen molar-refractivity contribution < 1.29 is 16.8 Å². The minimum absolute atomic E-state index is 0.121. The third-order valence-electron chi connectivity index (χ3n) is 5.11. The molecule has 11 heteroatoms. The van der Waals surface area contributed by atoms with Crippen molar-refractivity contribution in [3.05, 3.63) is 18.3 Å². The summed E-state index contributed by atoms with van der Waals surface area (Å²) in [6.45, 7) is 3.37. The van der Waals surface area contributed by atoms with Crippen LogP contribution in [0.25, 0.3) is 0 Å². The van der Waals surface area contributed by atoms with E-state index in [1.807, 2.05) is 7.05 Å². The second-order valence-electron chi connectivity index (χ2n) is 7.17. The van der Waals surface area contributed by atoms with Crippen molar-refractivity contribution in [3.63, 3.8) is 0 Å². The summed E-state index contributed by atoms with van der Waals surface area (Å²) in [5.74, 6) is 0.602. The maximum atomic E-state index is 12.7. The average Bonchev–Trinajstić information content (AvgIpc) is 2.62. The molecule has 152 valence electrons. The highest BCUT2D eigenvalue weighted by Crippen LogP contribution is 2.20. The molecule has 0 aliphatic carbocycles. The maximum Gasteiger partial charge on any atom is 0.244 e. The van der Waals surface area contributed by atoms with Gasteiger partial charge in [-0.1, -0.05) is 0 Å². The van der Waals surface area contributed by atoms with Gasteiger partial charge in [0.15, 0.2) is 0 Å². The number of piperazine rings is 1. The van der Waals surface area contributed by atoms with E-state index in [0.717, 1.165) is 13.1 Å². The standard InChI is InChI=1S/C16H27N5O4S2/c1-19-9-11-21(12-10-19)27(24,25)15-3-4-16(17-13-15)18-14-5-7-20(8-6-14)26(2,22)23/h3-4,13-14H,5-12H2,1-2H3,(H,17,18). The highest BCUT2D eigenvalue weighted by molar-refractivity contribution is 7.89. The summed E-state index contributed by atoms with van der Waals surface area (Å²) >= 11 is 0. The van der Waals surface area contributed by atoms with Crippen LogP contribution in [0.15, 0.2) is 23.2 Å². The first-order valence-corrected chi connectivity index (χ1v) is 12.3. The molecule has 2 aliphatic heterocycles. The predicted molar refractivity (Wildman–Crippen MR) is 104 cm³/mol. The Kier molecular flexibility index (Phi) is 6.06. The van der Waals surface area contributed by atoms with Crippen LogP contribution in [0.4, 0.5) is 5.82 Å². The van der Waals surface area contributed by atoms with Gasteiger partial charge in [0, 0.05) is 51.5 Å². The highest BCUT2D eigenvalue weighted by atomic mass is 32.2. The van der Waals surface area contributed by atoms with Crippen molar-refractivity contribution in [3.8, 4) is 0 Å². The van der Waals surface area contributed by atoms with Gasteiger partial charge in [0.25, 0.3) is 0 Å². The van der Waals surface area contributed by atoms with E-state index < -0.39 is 20.0 Å². The monoisotopic (exact) mass is 417 g/mol. The summed E-state index contributed by atoms with van der Waals surface area (Å²) in [4.78, 5) is 6.56. The molecule has 2 aliphatic rings. The molecule has 3 rings (SSSR count). The number of rotatable bonds is 5. The molecule has 0 radical (unpaired) electrons. The zero-order valence-corrected chi connectivity index (χ0v) is 17.3. The molecule has 3 heterocycles. The first-order chi connectivity index (χ1) is 12.7. The lowest BCUT2D eigenvalue weighted by atomic mass is 10.1. The Morgan fingerprint density at radius 1 is 0.963 bits per heavy atom. The van der Waals surface area contributed by atoms with Crippen LogP contribution in [0, 0.1) is 0 Å². The zero-order valence-electron chi connectivity index (χ0n) is 15.7. The summed E-state index contributed by atoms with van der Waals surface area (Å²) in [6, 6.07) is 3.37. The van der Waals surface area contributed by atoms with Crippen LogP contribution < -0.4 is 5.32 Å². The number of hydrogen-bond donors (Lipinski definition) is 1. The largest absolute Gasteiger partial charge is 0.367 e. The van der Waals surface area contributed by atoms with E-state index in [1.54, 1.807) is 12.1 Å². The lowest BCUT2D eigenvalue weighted by molar-refractivity contribution is 0.222. The Morgan fingerprint density at radius 2 is 1.59 bits per heavy atom. The van der Waals surface area contributed by atoms with E-state index in [1.165, 1.54) is 21.1 Å². The number of hydrogen-bond acceptors (Lipinski definition) is 7. The van der Waals surface area contributed by atoms with E-state index >= 15 is 0 Å². The quantitative estimate of drug-likeness (QED) is 0.711. The molecule has 0 aromatic carbocycles. The fraction of sp³-hybridized carbons (Fsp3) is 0.688. The molecule has 2 fully saturated rings. The van der Waals surface area contributed by atoms with Gasteiger partial charge in [-0.15, -0.1) is 0 Å². The first kappa shape index (κ1) is 20.5. The summed E-state index contributed by atoms with van der Waals surface area (Å²) in [7, 11) is -4.68. The number of aromatic nitrogens is 1. The molecule has 1 aromatic heterocycles.